The highest BCUT2D eigenvalue weighted by Gasteiger charge is 2.28. The second-order valence-electron chi connectivity index (χ2n) is 10.2. The van der Waals surface area contributed by atoms with E-state index in [-0.39, 0.29) is 17.0 Å². The molecule has 4 aromatic rings. The number of hydrogen-bond acceptors (Lipinski definition) is 7. The molecular weight excluding hydrogens is 531 g/mol. The summed E-state index contributed by atoms with van der Waals surface area (Å²) in [7, 11) is 0. The summed E-state index contributed by atoms with van der Waals surface area (Å²) in [4.78, 5) is 34.4. The number of thiophene rings is 1. The first-order valence-corrected chi connectivity index (χ1v) is 14.3. The van der Waals surface area contributed by atoms with E-state index in [9.17, 15) is 14.7 Å². The van der Waals surface area contributed by atoms with Crippen molar-refractivity contribution in [3.8, 4) is 0 Å². The molecule has 1 saturated carbocycles. The fourth-order valence-corrected chi connectivity index (χ4v) is 5.79. The number of benzene rings is 2. The molecule has 40 heavy (non-hydrogen) atoms. The van der Waals surface area contributed by atoms with Gasteiger partial charge in [0.15, 0.2) is 0 Å². The van der Waals surface area contributed by atoms with Gasteiger partial charge in [0.25, 0.3) is 0 Å². The Hall–Kier alpha value is -4.02. The van der Waals surface area contributed by atoms with Crippen LogP contribution in [0.25, 0.3) is 10.9 Å². The number of pyridine rings is 1. The standard InChI is InChI=1S/C30H29FN4O4S/c31-25-14-23-27(35(22-6-7-22)16-24(29(23)36)30(37)38)15-28(25)34-11-9-33(10-12-34)17-26(21-8-13-40-19-21)32-39-18-20-4-2-1-3-5-20/h1-5,8,13-16,19,22H,6-7,9-12,17-18H2,(H,37,38)/b32-26+. The van der Waals surface area contributed by atoms with Gasteiger partial charge in [-0.1, -0.05) is 35.5 Å². The third kappa shape index (κ3) is 5.50. The van der Waals surface area contributed by atoms with Gasteiger partial charge in [0, 0.05) is 55.9 Å². The number of fused-ring (bicyclic) bond motifs is 1. The van der Waals surface area contributed by atoms with Crippen molar-refractivity contribution in [1.29, 1.82) is 0 Å². The highest BCUT2D eigenvalue weighted by molar-refractivity contribution is 7.08. The molecular formula is C30H29FN4O4S. The number of nitrogens with zero attached hydrogens (tertiary/aromatic N) is 4. The van der Waals surface area contributed by atoms with Gasteiger partial charge in [0.2, 0.25) is 5.43 Å². The van der Waals surface area contributed by atoms with Crippen molar-refractivity contribution in [2.24, 2.45) is 5.16 Å². The molecule has 2 aromatic carbocycles. The molecule has 1 saturated heterocycles. The minimum atomic E-state index is -1.29. The van der Waals surface area contributed by atoms with E-state index in [1.54, 1.807) is 17.4 Å². The maximum absolute atomic E-state index is 15.4. The molecule has 0 atom stereocenters. The van der Waals surface area contributed by atoms with Crippen molar-refractivity contribution in [2.75, 3.05) is 37.6 Å². The van der Waals surface area contributed by atoms with E-state index in [4.69, 9.17) is 4.84 Å². The molecule has 0 bridgehead atoms. The van der Waals surface area contributed by atoms with Crippen molar-refractivity contribution in [2.45, 2.75) is 25.5 Å². The maximum atomic E-state index is 15.4. The number of carboxylic acid groups (broad SMARTS) is 1. The smallest absolute Gasteiger partial charge is 0.341 e. The molecule has 206 valence electrons. The molecule has 1 N–H and O–H groups in total. The number of aromatic nitrogens is 1. The molecule has 0 unspecified atom stereocenters. The zero-order chi connectivity index (χ0) is 27.6. The lowest BCUT2D eigenvalue weighted by atomic mass is 10.1. The van der Waals surface area contributed by atoms with Crippen molar-refractivity contribution in [3.63, 3.8) is 0 Å². The van der Waals surface area contributed by atoms with Crippen LogP contribution in [-0.2, 0) is 11.4 Å². The Morgan fingerprint density at radius 1 is 1.10 bits per heavy atom. The monoisotopic (exact) mass is 560 g/mol. The lowest BCUT2D eigenvalue weighted by molar-refractivity contribution is 0.0695. The van der Waals surface area contributed by atoms with Crippen LogP contribution in [0.3, 0.4) is 0 Å². The first-order chi connectivity index (χ1) is 19.5. The number of aromatic carboxylic acids is 1. The first-order valence-electron chi connectivity index (χ1n) is 13.3. The van der Waals surface area contributed by atoms with Crippen LogP contribution >= 0.6 is 11.3 Å². The molecule has 0 spiro atoms. The van der Waals surface area contributed by atoms with E-state index in [0.29, 0.717) is 50.5 Å². The molecule has 3 heterocycles. The number of halogens is 1. The van der Waals surface area contributed by atoms with Gasteiger partial charge < -0.3 is 19.4 Å². The van der Waals surface area contributed by atoms with Gasteiger partial charge in [0.1, 0.15) is 23.7 Å². The number of oxime groups is 1. The zero-order valence-corrected chi connectivity index (χ0v) is 22.6. The normalized spacial score (nSPS) is 16.4. The van der Waals surface area contributed by atoms with E-state index >= 15 is 4.39 Å². The van der Waals surface area contributed by atoms with Crippen LogP contribution in [0.15, 0.2) is 75.4 Å². The second-order valence-corrected chi connectivity index (χ2v) is 11.0. The van der Waals surface area contributed by atoms with Crippen LogP contribution in [0.5, 0.6) is 0 Å². The summed E-state index contributed by atoms with van der Waals surface area (Å²) < 4.78 is 17.2. The zero-order valence-electron chi connectivity index (χ0n) is 21.8. The molecule has 0 amide bonds. The van der Waals surface area contributed by atoms with Crippen LogP contribution in [0.2, 0.25) is 0 Å². The molecule has 1 aliphatic carbocycles. The molecule has 2 fully saturated rings. The summed E-state index contributed by atoms with van der Waals surface area (Å²) in [5, 5.41) is 18.1. The Kier molecular flexibility index (Phi) is 7.36. The van der Waals surface area contributed by atoms with E-state index in [1.807, 2.05) is 51.2 Å². The fourth-order valence-electron chi connectivity index (χ4n) is 5.13. The summed E-state index contributed by atoms with van der Waals surface area (Å²) in [6, 6.07) is 15.0. The Balaban J connectivity index is 1.18. The van der Waals surface area contributed by atoms with Gasteiger partial charge in [0.05, 0.1) is 11.2 Å². The summed E-state index contributed by atoms with van der Waals surface area (Å²) in [5.41, 5.74) is 2.97. The Labute approximate surface area is 234 Å². The van der Waals surface area contributed by atoms with E-state index in [2.05, 4.69) is 15.4 Å². The number of piperazine rings is 1. The van der Waals surface area contributed by atoms with Crippen LogP contribution in [0, 0.1) is 5.82 Å². The van der Waals surface area contributed by atoms with E-state index < -0.39 is 17.2 Å². The van der Waals surface area contributed by atoms with Gasteiger partial charge >= 0.3 is 5.97 Å². The van der Waals surface area contributed by atoms with Crippen LogP contribution in [0.4, 0.5) is 10.1 Å². The summed E-state index contributed by atoms with van der Waals surface area (Å²) in [6.45, 7) is 3.61. The lowest BCUT2D eigenvalue weighted by Crippen LogP contribution is -2.48. The SMILES string of the molecule is O=C(O)c1cn(C2CC2)c2cc(N3CCN(C/C(=N\OCc4ccccc4)c4ccsc4)CC3)c(F)cc2c1=O. The minimum absolute atomic E-state index is 0.110. The van der Waals surface area contributed by atoms with E-state index in [0.717, 1.165) is 29.7 Å². The molecule has 0 radical (unpaired) electrons. The van der Waals surface area contributed by atoms with Gasteiger partial charge in [-0.3, -0.25) is 9.69 Å². The van der Waals surface area contributed by atoms with Crippen molar-refractivity contribution in [3.05, 3.63) is 98.2 Å². The summed E-state index contributed by atoms with van der Waals surface area (Å²) >= 11 is 1.61. The number of carboxylic acids is 1. The van der Waals surface area contributed by atoms with Gasteiger partial charge in [-0.2, -0.15) is 11.3 Å². The van der Waals surface area contributed by atoms with Crippen LogP contribution in [-0.4, -0.2) is 59.0 Å². The molecule has 8 nitrogen and oxygen atoms in total. The molecule has 6 rings (SSSR count). The first kappa shape index (κ1) is 26.2. The number of anilines is 1. The summed E-state index contributed by atoms with van der Waals surface area (Å²) in [6.07, 6.45) is 3.23. The van der Waals surface area contributed by atoms with Crippen LogP contribution in [0.1, 0.15) is 40.4 Å². The van der Waals surface area contributed by atoms with Crippen molar-refractivity contribution >= 4 is 39.6 Å². The highest BCUT2D eigenvalue weighted by Crippen LogP contribution is 2.38. The largest absolute Gasteiger partial charge is 0.477 e. The summed E-state index contributed by atoms with van der Waals surface area (Å²) in [5.74, 6) is -1.81. The predicted octanol–water partition coefficient (Wildman–Crippen LogP) is 4.98. The predicted molar refractivity (Wildman–Crippen MR) is 154 cm³/mol. The average Bonchev–Trinajstić information content (AvgIpc) is 3.66. The third-order valence-electron chi connectivity index (χ3n) is 7.46. The number of rotatable bonds is 9. The second kappa shape index (κ2) is 11.2. The fraction of sp³-hybridized carbons (Fsp3) is 0.300. The molecule has 1 aliphatic heterocycles. The topological polar surface area (TPSA) is 87.4 Å². The lowest BCUT2D eigenvalue weighted by Gasteiger charge is -2.36. The van der Waals surface area contributed by atoms with E-state index in [1.165, 1.54) is 12.3 Å². The Morgan fingerprint density at radius 3 is 2.55 bits per heavy atom. The minimum Gasteiger partial charge on any atom is -0.477 e. The van der Waals surface area contributed by atoms with Crippen molar-refractivity contribution in [1.82, 2.24) is 9.47 Å². The Bertz CT molecular complexity index is 1610. The highest BCUT2D eigenvalue weighted by atomic mass is 32.1. The maximum Gasteiger partial charge on any atom is 0.341 e. The number of carbonyl (C=O) groups is 1. The van der Waals surface area contributed by atoms with Gasteiger partial charge in [-0.25, -0.2) is 9.18 Å². The van der Waals surface area contributed by atoms with Crippen LogP contribution < -0.4 is 10.3 Å². The van der Waals surface area contributed by atoms with Gasteiger partial charge in [-0.15, -0.1) is 0 Å². The number of hydrogen-bond donors (Lipinski definition) is 1. The van der Waals surface area contributed by atoms with Gasteiger partial charge in [-0.05, 0) is 47.4 Å². The third-order valence-corrected chi connectivity index (χ3v) is 8.14. The van der Waals surface area contributed by atoms with Crippen molar-refractivity contribution < 1.29 is 19.1 Å². The Morgan fingerprint density at radius 2 is 1.88 bits per heavy atom. The average molecular weight is 561 g/mol. The quantitative estimate of drug-likeness (QED) is 0.230. The molecule has 2 aromatic heterocycles. The molecule has 2 aliphatic rings. The molecule has 10 heteroatoms.